The molecule has 4 rings (SSSR count). The number of imidazole rings is 1. The minimum absolute atomic E-state index is 0.139. The Bertz CT molecular complexity index is 1210. The fourth-order valence-electron chi connectivity index (χ4n) is 3.13. The van der Waals surface area contributed by atoms with Crippen LogP contribution in [0.5, 0.6) is 11.5 Å². The van der Waals surface area contributed by atoms with Crippen molar-refractivity contribution < 1.29 is 22.6 Å². The highest BCUT2D eigenvalue weighted by Crippen LogP contribution is 2.37. The first-order chi connectivity index (χ1) is 14.1. The molecule has 158 valence electrons. The van der Waals surface area contributed by atoms with Crippen LogP contribution in [0.3, 0.4) is 0 Å². The van der Waals surface area contributed by atoms with E-state index in [1.807, 2.05) is 13.0 Å². The Hall–Kier alpha value is -3.50. The number of nitrogens with one attached hydrogen (secondary N) is 1. The molecule has 3 heterocycles. The molecule has 2 aromatic heterocycles. The Kier molecular flexibility index (Phi) is 4.67. The Morgan fingerprint density at radius 3 is 2.70 bits per heavy atom. The van der Waals surface area contributed by atoms with Crippen molar-refractivity contribution >= 4 is 22.8 Å². The number of hydrogen-bond acceptors (Lipinski definition) is 6. The highest BCUT2D eigenvalue weighted by molar-refractivity contribution is 5.73. The fraction of sp³-hybridized carbons (Fsp3) is 0.316. The number of nitrogens with zero attached hydrogens (tertiary/aromatic N) is 4. The first-order valence-electron chi connectivity index (χ1n) is 8.99. The summed E-state index contributed by atoms with van der Waals surface area (Å²) in [6, 6.07) is 3.56. The maximum absolute atomic E-state index is 12.8. The van der Waals surface area contributed by atoms with E-state index in [0.29, 0.717) is 22.7 Å². The molecule has 11 heteroatoms. The second-order valence-electron chi connectivity index (χ2n) is 6.89. The van der Waals surface area contributed by atoms with Crippen LogP contribution >= 0.6 is 0 Å². The molecule has 3 aromatic rings. The van der Waals surface area contributed by atoms with Crippen molar-refractivity contribution in [1.82, 2.24) is 19.1 Å². The lowest BCUT2D eigenvalue weighted by Gasteiger charge is -2.11. The van der Waals surface area contributed by atoms with Gasteiger partial charge in [0.2, 0.25) is 12.7 Å². The second kappa shape index (κ2) is 7.08. The van der Waals surface area contributed by atoms with Crippen molar-refractivity contribution in [1.29, 1.82) is 0 Å². The van der Waals surface area contributed by atoms with E-state index < -0.39 is 23.9 Å². The zero-order valence-corrected chi connectivity index (χ0v) is 16.2. The first-order valence-corrected chi connectivity index (χ1v) is 8.99. The van der Waals surface area contributed by atoms with E-state index in [0.717, 1.165) is 5.56 Å². The van der Waals surface area contributed by atoms with E-state index in [1.165, 1.54) is 22.4 Å². The highest BCUT2D eigenvalue weighted by atomic mass is 19.4. The molecule has 0 fully saturated rings. The highest BCUT2D eigenvalue weighted by Gasteiger charge is 2.31. The van der Waals surface area contributed by atoms with Crippen LogP contribution in [0.25, 0.3) is 11.2 Å². The number of alkyl halides is 3. The molecule has 0 unspecified atom stereocenters. The van der Waals surface area contributed by atoms with Crippen LogP contribution in [0.15, 0.2) is 35.3 Å². The average Bonchev–Trinajstić information content (AvgIpc) is 3.22. The molecule has 1 aromatic carbocycles. The third-order valence-electron chi connectivity index (χ3n) is 4.89. The van der Waals surface area contributed by atoms with Gasteiger partial charge in [-0.25, -0.2) is 9.78 Å². The molecular weight excluding hydrogens is 403 g/mol. The summed E-state index contributed by atoms with van der Waals surface area (Å²) in [4.78, 5) is 21.1. The quantitative estimate of drug-likeness (QED) is 0.636. The number of aromatic nitrogens is 4. The van der Waals surface area contributed by atoms with E-state index >= 15 is 0 Å². The molecule has 1 aliphatic heterocycles. The zero-order chi connectivity index (χ0) is 21.6. The molecule has 0 spiro atoms. The molecule has 0 atom stereocenters. The Labute approximate surface area is 168 Å². The van der Waals surface area contributed by atoms with Gasteiger partial charge >= 0.3 is 11.9 Å². The lowest BCUT2D eigenvalue weighted by Crippen LogP contribution is -2.23. The number of anilines is 2. The van der Waals surface area contributed by atoms with Crippen LogP contribution in [0.4, 0.5) is 24.8 Å². The summed E-state index contributed by atoms with van der Waals surface area (Å²) in [6.07, 6.45) is -3.48. The molecule has 0 aliphatic carbocycles. The van der Waals surface area contributed by atoms with Gasteiger partial charge in [0.05, 0.1) is 6.20 Å². The first kappa shape index (κ1) is 19.8. The smallest absolute Gasteiger partial charge is 0.412 e. The fourth-order valence-corrected chi connectivity index (χ4v) is 3.13. The standard InChI is InChI=1S/C19H18F3N5O3/c1-10-6-14-15(30-9-29-14)7-12(10)24-17-23-8-13-16(25-17)27(18(28)26(13)3)5-4-11(2)19(20,21)22/h6-8H,2,4-5,9H2,1,3H3,(H,23,24,25). The van der Waals surface area contributed by atoms with Gasteiger partial charge in [0.1, 0.15) is 5.52 Å². The Balaban J connectivity index is 1.67. The van der Waals surface area contributed by atoms with Gasteiger partial charge in [-0.2, -0.15) is 18.2 Å². The molecule has 30 heavy (non-hydrogen) atoms. The van der Waals surface area contributed by atoms with Crippen LogP contribution in [0.1, 0.15) is 12.0 Å². The van der Waals surface area contributed by atoms with Crippen molar-refractivity contribution in [3.63, 3.8) is 0 Å². The number of benzene rings is 1. The van der Waals surface area contributed by atoms with Crippen molar-refractivity contribution in [2.45, 2.75) is 26.1 Å². The van der Waals surface area contributed by atoms with Crippen molar-refractivity contribution in [2.75, 3.05) is 12.1 Å². The number of allylic oxidation sites excluding steroid dienone is 1. The summed E-state index contributed by atoms with van der Waals surface area (Å²) in [5.74, 6) is 1.40. The minimum Gasteiger partial charge on any atom is -0.454 e. The number of rotatable bonds is 5. The van der Waals surface area contributed by atoms with Crippen LogP contribution in [-0.4, -0.2) is 32.1 Å². The lowest BCUT2D eigenvalue weighted by atomic mass is 10.2. The summed E-state index contributed by atoms with van der Waals surface area (Å²) < 4.78 is 51.5. The molecule has 0 saturated heterocycles. The molecule has 1 N–H and O–H groups in total. The van der Waals surface area contributed by atoms with Crippen LogP contribution in [0, 0.1) is 6.92 Å². The Morgan fingerprint density at radius 2 is 2.00 bits per heavy atom. The molecule has 8 nitrogen and oxygen atoms in total. The normalized spacial score (nSPS) is 13.1. The number of fused-ring (bicyclic) bond motifs is 2. The summed E-state index contributed by atoms with van der Waals surface area (Å²) in [6.45, 7) is 4.86. The van der Waals surface area contributed by atoms with Gasteiger partial charge in [-0.15, -0.1) is 0 Å². The number of halogens is 3. The number of hydrogen-bond donors (Lipinski definition) is 1. The summed E-state index contributed by atoms with van der Waals surface area (Å²) in [7, 11) is 1.51. The monoisotopic (exact) mass is 421 g/mol. The minimum atomic E-state index is -4.51. The van der Waals surface area contributed by atoms with Gasteiger partial charge < -0.3 is 14.8 Å². The van der Waals surface area contributed by atoms with Crippen molar-refractivity contribution in [3.8, 4) is 11.5 Å². The SMILES string of the molecule is C=C(CCn1c(=O)n(C)c2cnc(Nc3cc4c(cc3C)OCO4)nc21)C(F)(F)F. The van der Waals surface area contributed by atoms with Crippen molar-refractivity contribution in [2.24, 2.45) is 7.05 Å². The second-order valence-corrected chi connectivity index (χ2v) is 6.89. The van der Waals surface area contributed by atoms with Gasteiger partial charge in [-0.05, 0) is 25.0 Å². The Morgan fingerprint density at radius 1 is 1.30 bits per heavy atom. The average molecular weight is 421 g/mol. The molecular formula is C19H18F3N5O3. The van der Waals surface area contributed by atoms with E-state index in [9.17, 15) is 18.0 Å². The van der Waals surface area contributed by atoms with Gasteiger partial charge in [0.15, 0.2) is 17.1 Å². The van der Waals surface area contributed by atoms with Gasteiger partial charge in [0.25, 0.3) is 0 Å². The van der Waals surface area contributed by atoms with E-state index in [2.05, 4.69) is 21.9 Å². The summed E-state index contributed by atoms with van der Waals surface area (Å²) >= 11 is 0. The van der Waals surface area contributed by atoms with Crippen molar-refractivity contribution in [3.05, 3.63) is 46.5 Å². The topological polar surface area (TPSA) is 83.2 Å². The maximum atomic E-state index is 12.8. The predicted octanol–water partition coefficient (Wildman–Crippen LogP) is 3.42. The maximum Gasteiger partial charge on any atom is 0.412 e. The van der Waals surface area contributed by atoms with Gasteiger partial charge in [-0.1, -0.05) is 6.58 Å². The van der Waals surface area contributed by atoms with Crippen LogP contribution < -0.4 is 20.5 Å². The van der Waals surface area contributed by atoms with E-state index in [4.69, 9.17) is 9.47 Å². The summed E-state index contributed by atoms with van der Waals surface area (Å²) in [5, 5.41) is 3.06. The van der Waals surface area contributed by atoms with Gasteiger partial charge in [-0.3, -0.25) is 9.13 Å². The molecule has 0 radical (unpaired) electrons. The molecule has 0 saturated carbocycles. The lowest BCUT2D eigenvalue weighted by molar-refractivity contribution is -0.0938. The predicted molar refractivity (Wildman–Crippen MR) is 103 cm³/mol. The van der Waals surface area contributed by atoms with E-state index in [-0.39, 0.29) is 24.9 Å². The summed E-state index contributed by atoms with van der Waals surface area (Å²) in [5.41, 5.74) is 0.781. The number of ether oxygens (including phenoxy) is 2. The number of aryl methyl sites for hydroxylation is 3. The molecule has 1 aliphatic rings. The third kappa shape index (κ3) is 3.46. The largest absolute Gasteiger partial charge is 0.454 e. The molecule has 0 bridgehead atoms. The van der Waals surface area contributed by atoms with Gasteiger partial charge in [0, 0.05) is 30.9 Å². The van der Waals surface area contributed by atoms with E-state index in [1.54, 1.807) is 6.07 Å². The van der Waals surface area contributed by atoms with Crippen LogP contribution in [-0.2, 0) is 13.6 Å². The third-order valence-corrected chi connectivity index (χ3v) is 4.89. The molecule has 0 amide bonds. The van der Waals surface area contributed by atoms with Crippen LogP contribution in [0.2, 0.25) is 0 Å². The zero-order valence-electron chi connectivity index (χ0n) is 16.2.